The van der Waals surface area contributed by atoms with Gasteiger partial charge in [0.25, 0.3) is 0 Å². The first-order valence-electron chi connectivity index (χ1n) is 14.0. The summed E-state index contributed by atoms with van der Waals surface area (Å²) in [5, 5.41) is 18.7. The van der Waals surface area contributed by atoms with E-state index >= 15 is 0 Å². The van der Waals surface area contributed by atoms with Crippen LogP contribution in [0.3, 0.4) is 0 Å². The molecule has 2 fully saturated rings. The molecular weight excluding hydrogens is 530 g/mol. The van der Waals surface area contributed by atoms with Gasteiger partial charge in [0.15, 0.2) is 0 Å². The topological polar surface area (TPSA) is 118 Å². The highest BCUT2D eigenvalue weighted by molar-refractivity contribution is 8.02. The zero-order valence-electron chi connectivity index (χ0n) is 22.8. The lowest BCUT2D eigenvalue weighted by molar-refractivity contribution is -0.153. The van der Waals surface area contributed by atoms with Gasteiger partial charge in [-0.1, -0.05) is 55.5 Å². The first-order chi connectivity index (χ1) is 19.4. The molecule has 1 aromatic heterocycles. The Bertz CT molecular complexity index is 1370. The van der Waals surface area contributed by atoms with Crippen LogP contribution in [0.2, 0.25) is 0 Å². The highest BCUT2D eigenvalue weighted by Gasteiger charge is 2.71. The van der Waals surface area contributed by atoms with Gasteiger partial charge in [-0.3, -0.25) is 14.4 Å². The molecule has 10 nitrogen and oxygen atoms in total. The lowest BCUT2D eigenvalue weighted by atomic mass is 9.78. The van der Waals surface area contributed by atoms with Crippen molar-refractivity contribution in [2.45, 2.75) is 61.9 Å². The molecule has 4 aliphatic rings. The first-order valence-corrected chi connectivity index (χ1v) is 14.9. The smallest absolute Gasteiger partial charge is 0.311 e. The van der Waals surface area contributed by atoms with Gasteiger partial charge in [-0.25, -0.2) is 4.68 Å². The predicted molar refractivity (Wildman–Crippen MR) is 150 cm³/mol. The molecule has 0 saturated carbocycles. The number of amides is 2. The minimum absolute atomic E-state index is 0.163. The lowest BCUT2D eigenvalue weighted by Crippen LogP contribution is -2.56. The molecule has 0 radical (unpaired) electrons. The van der Waals surface area contributed by atoms with Gasteiger partial charge >= 0.3 is 5.97 Å². The highest BCUT2D eigenvalue weighted by Crippen LogP contribution is 2.61. The number of rotatable bonds is 6. The molecule has 2 aromatic rings. The summed E-state index contributed by atoms with van der Waals surface area (Å²) in [5.74, 6) is -2.16. The average Bonchev–Trinajstić information content (AvgIpc) is 3.54. The molecular formula is C29H35N5O5S. The fourth-order valence-electron chi connectivity index (χ4n) is 6.76. The van der Waals surface area contributed by atoms with E-state index < -0.39 is 28.7 Å². The Morgan fingerprint density at radius 3 is 2.80 bits per heavy atom. The fraction of sp³-hybridized carbons (Fsp3) is 0.552. The number of carbonyl (C=O) groups is 3. The zero-order valence-corrected chi connectivity index (χ0v) is 23.6. The van der Waals surface area contributed by atoms with Crippen molar-refractivity contribution in [3.8, 4) is 0 Å². The van der Waals surface area contributed by atoms with Crippen molar-refractivity contribution in [3.63, 3.8) is 0 Å². The minimum Gasteiger partial charge on any atom is -0.465 e. The monoisotopic (exact) mass is 565 g/mol. The number of hydrogen-bond acceptors (Lipinski definition) is 8. The van der Waals surface area contributed by atoms with Crippen molar-refractivity contribution in [1.82, 2.24) is 24.8 Å². The van der Waals surface area contributed by atoms with Crippen LogP contribution in [0.1, 0.15) is 33.1 Å². The number of cyclic esters (lactones) is 1. The highest BCUT2D eigenvalue weighted by atomic mass is 32.2. The number of likely N-dealkylation sites (tertiary alicyclic amines) is 1. The number of nitrogens with zero attached hydrogens (tertiary/aromatic N) is 5. The Kier molecular flexibility index (Phi) is 7.20. The zero-order chi connectivity index (χ0) is 28.0. The van der Waals surface area contributed by atoms with Gasteiger partial charge in [0.2, 0.25) is 11.8 Å². The molecule has 6 rings (SSSR count). The number of benzene rings is 1. The maximum Gasteiger partial charge on any atom is 0.311 e. The van der Waals surface area contributed by atoms with Crippen molar-refractivity contribution in [3.05, 3.63) is 48.6 Å². The van der Waals surface area contributed by atoms with Crippen molar-refractivity contribution in [1.29, 1.82) is 0 Å². The van der Waals surface area contributed by atoms with Crippen LogP contribution in [0.5, 0.6) is 0 Å². The third kappa shape index (κ3) is 4.34. The van der Waals surface area contributed by atoms with E-state index in [0.717, 1.165) is 23.9 Å². The van der Waals surface area contributed by atoms with E-state index in [-0.39, 0.29) is 42.2 Å². The van der Waals surface area contributed by atoms with Crippen LogP contribution in [0.15, 0.2) is 48.6 Å². The molecule has 1 aromatic carbocycles. The van der Waals surface area contributed by atoms with E-state index in [9.17, 15) is 19.5 Å². The number of allylic oxidation sites excluding steroid dienone is 1. The molecule has 5 heterocycles. The van der Waals surface area contributed by atoms with Crippen LogP contribution in [0.25, 0.3) is 11.0 Å². The molecule has 0 aliphatic carbocycles. The summed E-state index contributed by atoms with van der Waals surface area (Å²) in [6.07, 6.45) is 10.0. The molecule has 2 saturated heterocycles. The van der Waals surface area contributed by atoms with Crippen LogP contribution in [0.4, 0.5) is 0 Å². The third-order valence-electron chi connectivity index (χ3n) is 8.45. The van der Waals surface area contributed by atoms with E-state index in [1.165, 1.54) is 11.8 Å². The molecule has 6 atom stereocenters. The van der Waals surface area contributed by atoms with Crippen molar-refractivity contribution in [2.75, 3.05) is 19.8 Å². The summed E-state index contributed by atoms with van der Waals surface area (Å²) < 4.78 is 6.36. The van der Waals surface area contributed by atoms with Gasteiger partial charge in [0.1, 0.15) is 18.2 Å². The Hall–Kier alpha value is -3.18. The summed E-state index contributed by atoms with van der Waals surface area (Å²) in [6, 6.07) is 6.14. The second-order valence-corrected chi connectivity index (χ2v) is 13.0. The molecule has 1 unspecified atom stereocenters. The number of fused-ring (bicyclic) bond motifs is 3. The second-order valence-electron chi connectivity index (χ2n) is 11.5. The van der Waals surface area contributed by atoms with E-state index in [1.54, 1.807) is 14.5 Å². The minimum atomic E-state index is -0.963. The average molecular weight is 566 g/mol. The lowest BCUT2D eigenvalue weighted by Gasteiger charge is -2.39. The maximum absolute atomic E-state index is 14.6. The van der Waals surface area contributed by atoms with Crippen LogP contribution in [0, 0.1) is 17.8 Å². The molecule has 0 bridgehead atoms. The summed E-state index contributed by atoms with van der Waals surface area (Å²) in [4.78, 5) is 45.7. The molecule has 40 heavy (non-hydrogen) atoms. The maximum atomic E-state index is 14.6. The van der Waals surface area contributed by atoms with Crippen LogP contribution >= 0.6 is 11.8 Å². The number of carbonyl (C=O) groups excluding carboxylic acids is 3. The van der Waals surface area contributed by atoms with Crippen LogP contribution in [-0.4, -0.2) is 89.5 Å². The SMILES string of the molecule is CC(C)C[C@H](CO)N1C(=O)[C@@H]2[C@@H]3C(=O)OCCC/C=C\[C@@H]3S[C@@]23C=CCN(Cn2nnc4ccccc42)C(=O)C13. The number of esters is 1. The number of aromatic nitrogens is 3. The number of aliphatic hydroxyl groups excluding tert-OH is 1. The summed E-state index contributed by atoms with van der Waals surface area (Å²) in [7, 11) is 0. The van der Waals surface area contributed by atoms with Crippen molar-refractivity contribution >= 4 is 40.6 Å². The van der Waals surface area contributed by atoms with E-state index in [0.29, 0.717) is 19.6 Å². The molecule has 2 amide bonds. The third-order valence-corrected chi connectivity index (χ3v) is 10.2. The summed E-state index contributed by atoms with van der Waals surface area (Å²) in [5.41, 5.74) is 1.54. The fourth-order valence-corrected chi connectivity index (χ4v) is 8.75. The van der Waals surface area contributed by atoms with E-state index in [4.69, 9.17) is 4.74 Å². The summed E-state index contributed by atoms with van der Waals surface area (Å²) >= 11 is 1.52. The van der Waals surface area contributed by atoms with E-state index in [2.05, 4.69) is 16.4 Å². The quantitative estimate of drug-likeness (QED) is 0.419. The van der Waals surface area contributed by atoms with Gasteiger partial charge in [-0.15, -0.1) is 16.9 Å². The van der Waals surface area contributed by atoms with Crippen LogP contribution < -0.4 is 0 Å². The van der Waals surface area contributed by atoms with Crippen LogP contribution in [-0.2, 0) is 25.8 Å². The van der Waals surface area contributed by atoms with E-state index in [1.807, 2.05) is 56.3 Å². The predicted octanol–water partition coefficient (Wildman–Crippen LogP) is 2.38. The molecule has 1 N–H and O–H groups in total. The summed E-state index contributed by atoms with van der Waals surface area (Å²) in [6.45, 7) is 4.58. The van der Waals surface area contributed by atoms with Gasteiger partial charge in [-0.2, -0.15) is 0 Å². The Balaban J connectivity index is 1.43. The molecule has 1 spiro atoms. The normalized spacial score (nSPS) is 31.8. The van der Waals surface area contributed by atoms with Gasteiger partial charge in [0, 0.05) is 11.8 Å². The molecule has 212 valence electrons. The van der Waals surface area contributed by atoms with Crippen molar-refractivity contribution in [2.24, 2.45) is 17.8 Å². The van der Waals surface area contributed by atoms with Crippen molar-refractivity contribution < 1.29 is 24.2 Å². The number of aliphatic hydroxyl groups is 1. The second kappa shape index (κ2) is 10.7. The Morgan fingerprint density at radius 2 is 2.00 bits per heavy atom. The Morgan fingerprint density at radius 1 is 1.18 bits per heavy atom. The number of hydrogen-bond donors (Lipinski definition) is 1. The number of para-hydroxylation sites is 1. The molecule has 4 aliphatic heterocycles. The molecule has 11 heteroatoms. The Labute approximate surface area is 237 Å². The van der Waals surface area contributed by atoms with Gasteiger partial charge < -0.3 is 19.6 Å². The number of thioether (sulfide) groups is 1. The first kappa shape index (κ1) is 27.0. The standard InChI is InChI=1S/C29H35N5O5S/c1-18(2)15-19(16-35)34-25-27(37)32(17-33-21-10-6-5-9-20(21)30-31-33)13-8-12-29(25)24(26(34)36)23-22(40-29)11-4-3-7-14-39-28(23)38/h4-6,8-12,18-19,22-25,35H,3,7,13-17H2,1-2H3/b11-4-/t19-,22+,23-,24+,25?,29+/m1/s1. The van der Waals surface area contributed by atoms with Gasteiger partial charge in [0.05, 0.1) is 41.4 Å². The largest absolute Gasteiger partial charge is 0.465 e. The van der Waals surface area contributed by atoms with Gasteiger partial charge in [-0.05, 0) is 37.3 Å². The number of ether oxygens (including phenoxy) is 1.